The Morgan fingerprint density at radius 1 is 1.07 bits per heavy atom. The third kappa shape index (κ3) is 4.01. The molecule has 7 nitrogen and oxygen atoms in total. The van der Waals surface area contributed by atoms with E-state index in [2.05, 4.69) is 0 Å². The maximum Gasteiger partial charge on any atom is 0.326 e. The largest absolute Gasteiger partial charge is 0.480 e. The maximum atomic E-state index is 13.0. The highest BCUT2D eigenvalue weighted by atomic mass is 32.2. The molecule has 0 radical (unpaired) electrons. The van der Waals surface area contributed by atoms with E-state index in [0.29, 0.717) is 19.5 Å². The Hall–Kier alpha value is -1.93. The van der Waals surface area contributed by atoms with Crippen LogP contribution in [0, 0.1) is 0 Å². The number of amides is 1. The molecule has 2 aliphatic heterocycles. The van der Waals surface area contributed by atoms with Crippen molar-refractivity contribution in [3.8, 4) is 0 Å². The number of carboxylic acids is 1. The van der Waals surface area contributed by atoms with E-state index in [1.54, 1.807) is 12.1 Å². The van der Waals surface area contributed by atoms with Crippen molar-refractivity contribution in [1.82, 2.24) is 9.21 Å². The minimum absolute atomic E-state index is 0.0680. The summed E-state index contributed by atoms with van der Waals surface area (Å²) in [6.07, 6.45) is 4.60. The molecule has 2 aliphatic rings. The van der Waals surface area contributed by atoms with Crippen LogP contribution in [0.5, 0.6) is 0 Å². The van der Waals surface area contributed by atoms with Gasteiger partial charge in [0.2, 0.25) is 10.0 Å². The highest BCUT2D eigenvalue weighted by Crippen LogP contribution is 2.26. The van der Waals surface area contributed by atoms with E-state index in [4.69, 9.17) is 0 Å². The van der Waals surface area contributed by atoms with Crippen molar-refractivity contribution >= 4 is 21.9 Å². The van der Waals surface area contributed by atoms with Crippen molar-refractivity contribution < 1.29 is 23.1 Å². The number of piperidine rings is 2. The molecule has 0 saturated carbocycles. The molecule has 0 spiro atoms. The van der Waals surface area contributed by atoms with E-state index in [1.165, 1.54) is 21.3 Å². The van der Waals surface area contributed by atoms with Crippen LogP contribution in [0.4, 0.5) is 0 Å². The lowest BCUT2D eigenvalue weighted by Crippen LogP contribution is -2.48. The molecule has 2 atom stereocenters. The summed E-state index contributed by atoms with van der Waals surface area (Å²) >= 11 is 0. The van der Waals surface area contributed by atoms with Gasteiger partial charge in [-0.3, -0.25) is 4.79 Å². The molecule has 2 fully saturated rings. The van der Waals surface area contributed by atoms with Gasteiger partial charge in [-0.15, -0.1) is 0 Å². The lowest BCUT2D eigenvalue weighted by molar-refractivity contribution is -0.143. The highest BCUT2D eigenvalue weighted by Gasteiger charge is 2.34. The lowest BCUT2D eigenvalue weighted by atomic mass is 10.0. The smallest absolute Gasteiger partial charge is 0.326 e. The predicted molar refractivity (Wildman–Crippen MR) is 100.0 cm³/mol. The van der Waals surface area contributed by atoms with E-state index >= 15 is 0 Å². The first-order valence-electron chi connectivity index (χ1n) is 9.48. The van der Waals surface area contributed by atoms with Crippen molar-refractivity contribution in [2.45, 2.75) is 62.4 Å². The number of benzene rings is 1. The molecule has 8 heteroatoms. The zero-order valence-electron chi connectivity index (χ0n) is 15.5. The topological polar surface area (TPSA) is 95.0 Å². The molecular weight excluding hydrogens is 368 g/mol. The minimum Gasteiger partial charge on any atom is -0.480 e. The molecule has 1 N–H and O–H groups in total. The fourth-order valence-electron chi connectivity index (χ4n) is 3.95. The van der Waals surface area contributed by atoms with Gasteiger partial charge in [-0.05, 0) is 57.2 Å². The van der Waals surface area contributed by atoms with Crippen LogP contribution < -0.4 is 0 Å². The molecule has 2 saturated heterocycles. The predicted octanol–water partition coefficient (Wildman–Crippen LogP) is 2.33. The van der Waals surface area contributed by atoms with Crippen molar-refractivity contribution in [2.75, 3.05) is 13.1 Å². The second-order valence-corrected chi connectivity index (χ2v) is 9.23. The highest BCUT2D eigenvalue weighted by molar-refractivity contribution is 7.89. The maximum absolute atomic E-state index is 13.0. The number of carbonyl (C=O) groups excluding carboxylic acids is 1. The molecule has 2 heterocycles. The summed E-state index contributed by atoms with van der Waals surface area (Å²) in [4.78, 5) is 25.8. The molecule has 0 aliphatic carbocycles. The van der Waals surface area contributed by atoms with Crippen LogP contribution >= 0.6 is 0 Å². The van der Waals surface area contributed by atoms with E-state index in [1.807, 2.05) is 6.92 Å². The second kappa shape index (κ2) is 7.98. The fraction of sp³-hybridized carbons (Fsp3) is 0.579. The number of nitrogens with zero attached hydrogens (tertiary/aromatic N) is 2. The molecule has 3 rings (SSSR count). The second-order valence-electron chi connectivity index (χ2n) is 7.34. The number of hydrogen-bond donors (Lipinski definition) is 1. The Labute approximate surface area is 160 Å². The number of carboxylic acid groups (broad SMARTS) is 1. The van der Waals surface area contributed by atoms with Gasteiger partial charge in [0.25, 0.3) is 5.91 Å². The molecule has 0 aromatic heterocycles. The summed E-state index contributed by atoms with van der Waals surface area (Å²) in [7, 11) is -3.68. The molecule has 1 aromatic rings. The third-order valence-electron chi connectivity index (χ3n) is 5.48. The van der Waals surface area contributed by atoms with Crippen LogP contribution in [0.15, 0.2) is 29.2 Å². The van der Waals surface area contributed by atoms with Crippen LogP contribution in [0.1, 0.15) is 55.8 Å². The SMILES string of the molecule is C[C@H]1CCCCN1S(=O)(=O)c1cccc(C(=O)N2CCCC[C@H]2C(=O)O)c1. The van der Waals surface area contributed by atoms with Gasteiger partial charge in [0.15, 0.2) is 0 Å². The average molecular weight is 394 g/mol. The lowest BCUT2D eigenvalue weighted by Gasteiger charge is -2.33. The van der Waals surface area contributed by atoms with Crippen LogP contribution in [0.25, 0.3) is 0 Å². The third-order valence-corrected chi connectivity index (χ3v) is 7.49. The first-order valence-corrected chi connectivity index (χ1v) is 10.9. The van der Waals surface area contributed by atoms with Gasteiger partial charge in [0.1, 0.15) is 6.04 Å². The van der Waals surface area contributed by atoms with E-state index in [9.17, 15) is 23.1 Å². The Kier molecular flexibility index (Phi) is 5.86. The van der Waals surface area contributed by atoms with E-state index in [0.717, 1.165) is 32.1 Å². The van der Waals surface area contributed by atoms with E-state index in [-0.39, 0.29) is 16.5 Å². The Bertz CT molecular complexity index is 823. The monoisotopic (exact) mass is 394 g/mol. The van der Waals surface area contributed by atoms with Crippen LogP contribution in [0.3, 0.4) is 0 Å². The summed E-state index contributed by atoms with van der Waals surface area (Å²) < 4.78 is 27.6. The normalized spacial score (nSPS) is 24.6. The average Bonchev–Trinajstić information content (AvgIpc) is 2.67. The first kappa shape index (κ1) is 19.8. The molecular formula is C19H26N2O5S. The summed E-state index contributed by atoms with van der Waals surface area (Å²) in [6.45, 7) is 2.75. The number of carbonyl (C=O) groups is 2. The number of aliphatic carboxylic acids is 1. The summed E-state index contributed by atoms with van der Waals surface area (Å²) in [5.74, 6) is -1.44. The fourth-order valence-corrected chi connectivity index (χ4v) is 5.70. The zero-order chi connectivity index (χ0) is 19.6. The quantitative estimate of drug-likeness (QED) is 0.846. The van der Waals surface area contributed by atoms with Crippen molar-refractivity contribution in [3.05, 3.63) is 29.8 Å². The van der Waals surface area contributed by atoms with Crippen LogP contribution in [0.2, 0.25) is 0 Å². The summed E-state index contributed by atoms with van der Waals surface area (Å²) in [6, 6.07) is 5.06. The number of likely N-dealkylation sites (tertiary alicyclic amines) is 1. The zero-order valence-corrected chi connectivity index (χ0v) is 16.3. The minimum atomic E-state index is -3.68. The number of rotatable bonds is 4. The van der Waals surface area contributed by atoms with Crippen molar-refractivity contribution in [2.24, 2.45) is 0 Å². The van der Waals surface area contributed by atoms with Crippen LogP contribution in [-0.4, -0.2) is 59.8 Å². The molecule has 1 aromatic carbocycles. The summed E-state index contributed by atoms with van der Waals surface area (Å²) in [5, 5.41) is 9.39. The number of hydrogen-bond acceptors (Lipinski definition) is 4. The molecule has 0 bridgehead atoms. The standard InChI is InChI=1S/C19H26N2O5S/c1-14-7-2-5-12-21(14)27(25,26)16-9-6-8-15(13-16)18(22)20-11-4-3-10-17(20)19(23)24/h6,8-9,13-14,17H,2-5,7,10-12H2,1H3,(H,23,24)/t14-,17-/m0/s1. The van der Waals surface area contributed by atoms with Crippen molar-refractivity contribution in [3.63, 3.8) is 0 Å². The van der Waals surface area contributed by atoms with E-state index < -0.39 is 27.9 Å². The molecule has 0 unspecified atom stereocenters. The molecule has 27 heavy (non-hydrogen) atoms. The van der Waals surface area contributed by atoms with Gasteiger partial charge in [0, 0.05) is 24.7 Å². The first-order chi connectivity index (χ1) is 12.8. The van der Waals surface area contributed by atoms with Crippen LogP contribution in [-0.2, 0) is 14.8 Å². The Morgan fingerprint density at radius 2 is 1.78 bits per heavy atom. The van der Waals surface area contributed by atoms with Gasteiger partial charge in [-0.2, -0.15) is 4.31 Å². The van der Waals surface area contributed by atoms with Gasteiger partial charge in [-0.1, -0.05) is 12.5 Å². The summed E-state index contributed by atoms with van der Waals surface area (Å²) in [5.41, 5.74) is 0.217. The van der Waals surface area contributed by atoms with Gasteiger partial charge < -0.3 is 10.0 Å². The van der Waals surface area contributed by atoms with Gasteiger partial charge in [-0.25, -0.2) is 13.2 Å². The number of sulfonamides is 1. The molecule has 1 amide bonds. The van der Waals surface area contributed by atoms with Crippen molar-refractivity contribution in [1.29, 1.82) is 0 Å². The molecule has 148 valence electrons. The van der Waals surface area contributed by atoms with Gasteiger partial charge >= 0.3 is 5.97 Å². The Morgan fingerprint density at radius 3 is 2.48 bits per heavy atom. The Balaban J connectivity index is 1.88. The van der Waals surface area contributed by atoms with Gasteiger partial charge in [0.05, 0.1) is 4.90 Å².